The van der Waals surface area contributed by atoms with Crippen LogP contribution in [0, 0.1) is 12.7 Å². The van der Waals surface area contributed by atoms with Gasteiger partial charge in [0.15, 0.2) is 0 Å². The van der Waals surface area contributed by atoms with Crippen molar-refractivity contribution in [2.75, 3.05) is 6.54 Å². The van der Waals surface area contributed by atoms with Crippen molar-refractivity contribution >= 4 is 0 Å². The standard InChI is InChI=1S/C18H26FN3/c1-6-20-13(4)11-17-14(5)18(22(21-17)12(2)3)15-7-9-16(19)10-8-15/h7-10,12-13,20H,6,11H2,1-5H3. The highest BCUT2D eigenvalue weighted by molar-refractivity contribution is 5.64. The zero-order valence-electron chi connectivity index (χ0n) is 14.2. The minimum absolute atomic E-state index is 0.210. The molecule has 3 nitrogen and oxygen atoms in total. The van der Waals surface area contributed by atoms with Gasteiger partial charge in [-0.2, -0.15) is 5.10 Å². The van der Waals surface area contributed by atoms with Gasteiger partial charge in [-0.25, -0.2) is 4.39 Å². The average molecular weight is 303 g/mol. The molecule has 1 aromatic heterocycles. The Balaban J connectivity index is 2.43. The fraction of sp³-hybridized carbons (Fsp3) is 0.500. The molecule has 2 aromatic rings. The maximum absolute atomic E-state index is 13.2. The fourth-order valence-corrected chi connectivity index (χ4v) is 2.80. The Morgan fingerprint density at radius 1 is 1.18 bits per heavy atom. The highest BCUT2D eigenvalue weighted by Gasteiger charge is 2.19. The predicted molar refractivity (Wildman–Crippen MR) is 89.6 cm³/mol. The Bertz CT molecular complexity index is 614. The molecular weight excluding hydrogens is 277 g/mol. The molecule has 1 aromatic carbocycles. The van der Waals surface area contributed by atoms with E-state index in [0.29, 0.717) is 6.04 Å². The van der Waals surface area contributed by atoms with E-state index in [1.54, 1.807) is 0 Å². The summed E-state index contributed by atoms with van der Waals surface area (Å²) < 4.78 is 15.2. The predicted octanol–water partition coefficient (Wildman–Crippen LogP) is 4.12. The summed E-state index contributed by atoms with van der Waals surface area (Å²) in [7, 11) is 0. The summed E-state index contributed by atoms with van der Waals surface area (Å²) in [6, 6.07) is 7.33. The first-order valence-electron chi connectivity index (χ1n) is 8.01. The summed E-state index contributed by atoms with van der Waals surface area (Å²) in [5.74, 6) is -0.210. The van der Waals surface area contributed by atoms with E-state index in [1.165, 1.54) is 17.7 Å². The Morgan fingerprint density at radius 2 is 1.82 bits per heavy atom. The molecule has 0 aliphatic carbocycles. The van der Waals surface area contributed by atoms with Gasteiger partial charge in [0.25, 0.3) is 0 Å². The molecule has 0 saturated heterocycles. The van der Waals surface area contributed by atoms with Crippen LogP contribution in [0.2, 0.25) is 0 Å². The normalized spacial score (nSPS) is 12.9. The minimum atomic E-state index is -0.210. The monoisotopic (exact) mass is 303 g/mol. The van der Waals surface area contributed by atoms with Gasteiger partial charge in [-0.3, -0.25) is 4.68 Å². The number of likely N-dealkylation sites (N-methyl/N-ethyl adjacent to an activating group) is 1. The van der Waals surface area contributed by atoms with Crippen molar-refractivity contribution < 1.29 is 4.39 Å². The number of halogens is 1. The number of aromatic nitrogens is 2. The summed E-state index contributed by atoms with van der Waals surface area (Å²) in [5, 5.41) is 8.24. The molecule has 1 atom stereocenters. The molecule has 0 fully saturated rings. The number of rotatable bonds is 6. The lowest BCUT2D eigenvalue weighted by molar-refractivity contribution is 0.515. The number of hydrogen-bond acceptors (Lipinski definition) is 2. The molecule has 120 valence electrons. The van der Waals surface area contributed by atoms with Gasteiger partial charge < -0.3 is 5.32 Å². The lowest BCUT2D eigenvalue weighted by atomic mass is 10.0. The van der Waals surface area contributed by atoms with Crippen LogP contribution in [-0.4, -0.2) is 22.4 Å². The zero-order chi connectivity index (χ0) is 16.3. The number of nitrogens with one attached hydrogen (secondary N) is 1. The topological polar surface area (TPSA) is 29.9 Å². The van der Waals surface area contributed by atoms with Crippen molar-refractivity contribution in [1.82, 2.24) is 15.1 Å². The van der Waals surface area contributed by atoms with Crippen molar-refractivity contribution in [3.63, 3.8) is 0 Å². The first-order chi connectivity index (χ1) is 10.4. The molecule has 0 amide bonds. The van der Waals surface area contributed by atoms with E-state index in [2.05, 4.69) is 44.6 Å². The Labute approximate surface area is 132 Å². The lowest BCUT2D eigenvalue weighted by Gasteiger charge is -2.11. The molecule has 4 heteroatoms. The van der Waals surface area contributed by atoms with Gasteiger partial charge in [0.05, 0.1) is 11.4 Å². The van der Waals surface area contributed by atoms with Crippen LogP contribution < -0.4 is 5.32 Å². The van der Waals surface area contributed by atoms with Crippen LogP contribution in [0.4, 0.5) is 4.39 Å². The van der Waals surface area contributed by atoms with Gasteiger partial charge in [0.2, 0.25) is 0 Å². The van der Waals surface area contributed by atoms with Gasteiger partial charge in [0.1, 0.15) is 5.82 Å². The van der Waals surface area contributed by atoms with Crippen LogP contribution in [0.15, 0.2) is 24.3 Å². The van der Waals surface area contributed by atoms with Crippen LogP contribution in [0.3, 0.4) is 0 Å². The minimum Gasteiger partial charge on any atom is -0.314 e. The van der Waals surface area contributed by atoms with Gasteiger partial charge in [-0.1, -0.05) is 6.92 Å². The molecule has 1 heterocycles. The molecule has 0 saturated carbocycles. The third-order valence-corrected chi connectivity index (χ3v) is 3.90. The summed E-state index contributed by atoms with van der Waals surface area (Å²) in [4.78, 5) is 0. The van der Waals surface area contributed by atoms with E-state index < -0.39 is 0 Å². The van der Waals surface area contributed by atoms with Crippen LogP contribution in [0.5, 0.6) is 0 Å². The van der Waals surface area contributed by atoms with Gasteiger partial charge in [0, 0.05) is 24.1 Å². The SMILES string of the molecule is CCNC(C)Cc1nn(C(C)C)c(-c2ccc(F)cc2)c1C. The molecule has 0 aliphatic heterocycles. The first-order valence-corrected chi connectivity index (χ1v) is 8.01. The first kappa shape index (κ1) is 16.7. The van der Waals surface area contributed by atoms with Crippen molar-refractivity contribution in [3.8, 4) is 11.3 Å². The molecule has 0 bridgehead atoms. The summed E-state index contributed by atoms with van der Waals surface area (Å²) >= 11 is 0. The summed E-state index contributed by atoms with van der Waals surface area (Å²) in [6.07, 6.45) is 0.896. The van der Waals surface area contributed by atoms with E-state index in [9.17, 15) is 4.39 Å². The second kappa shape index (κ2) is 7.05. The molecule has 0 aliphatic rings. The van der Waals surface area contributed by atoms with E-state index in [1.807, 2.05) is 12.1 Å². The zero-order valence-corrected chi connectivity index (χ0v) is 14.2. The Hall–Kier alpha value is -1.68. The van der Waals surface area contributed by atoms with E-state index in [4.69, 9.17) is 5.10 Å². The summed E-state index contributed by atoms with van der Waals surface area (Å²) in [5.41, 5.74) is 4.41. The van der Waals surface area contributed by atoms with Gasteiger partial charge >= 0.3 is 0 Å². The maximum Gasteiger partial charge on any atom is 0.123 e. The molecule has 0 spiro atoms. The lowest BCUT2D eigenvalue weighted by Crippen LogP contribution is -2.28. The van der Waals surface area contributed by atoms with E-state index >= 15 is 0 Å². The van der Waals surface area contributed by atoms with Crippen LogP contribution >= 0.6 is 0 Å². The van der Waals surface area contributed by atoms with Crippen LogP contribution in [-0.2, 0) is 6.42 Å². The molecule has 2 rings (SSSR count). The van der Waals surface area contributed by atoms with Crippen molar-refractivity contribution in [1.29, 1.82) is 0 Å². The third-order valence-electron chi connectivity index (χ3n) is 3.90. The average Bonchev–Trinajstić information content (AvgIpc) is 2.78. The highest BCUT2D eigenvalue weighted by Crippen LogP contribution is 2.29. The number of benzene rings is 1. The number of nitrogens with zero attached hydrogens (tertiary/aromatic N) is 2. The molecule has 1 N–H and O–H groups in total. The number of hydrogen-bond donors (Lipinski definition) is 1. The quantitative estimate of drug-likeness (QED) is 0.870. The van der Waals surface area contributed by atoms with E-state index in [0.717, 1.165) is 29.9 Å². The Morgan fingerprint density at radius 3 is 2.36 bits per heavy atom. The van der Waals surface area contributed by atoms with Gasteiger partial charge in [-0.05, 0) is 64.1 Å². The van der Waals surface area contributed by atoms with E-state index in [-0.39, 0.29) is 11.9 Å². The molecule has 0 radical (unpaired) electrons. The van der Waals surface area contributed by atoms with Crippen molar-refractivity contribution in [3.05, 3.63) is 41.3 Å². The molecular formula is C18H26FN3. The highest BCUT2D eigenvalue weighted by atomic mass is 19.1. The third kappa shape index (κ3) is 3.55. The summed E-state index contributed by atoms with van der Waals surface area (Å²) in [6.45, 7) is 11.6. The second-order valence-corrected chi connectivity index (χ2v) is 6.13. The second-order valence-electron chi connectivity index (χ2n) is 6.13. The van der Waals surface area contributed by atoms with Crippen molar-refractivity contribution in [2.45, 2.75) is 53.1 Å². The van der Waals surface area contributed by atoms with Crippen LogP contribution in [0.25, 0.3) is 11.3 Å². The van der Waals surface area contributed by atoms with Gasteiger partial charge in [-0.15, -0.1) is 0 Å². The molecule has 22 heavy (non-hydrogen) atoms. The fourth-order valence-electron chi connectivity index (χ4n) is 2.80. The largest absolute Gasteiger partial charge is 0.314 e. The smallest absolute Gasteiger partial charge is 0.123 e. The van der Waals surface area contributed by atoms with Crippen LogP contribution in [0.1, 0.15) is 45.0 Å². The molecule has 1 unspecified atom stereocenters. The van der Waals surface area contributed by atoms with Crippen molar-refractivity contribution in [2.24, 2.45) is 0 Å². The maximum atomic E-state index is 13.2. The Kier molecular flexibility index (Phi) is 5.35.